The second kappa shape index (κ2) is 4.31. The number of aliphatic hydroxyl groups is 1. The van der Waals surface area contributed by atoms with Gasteiger partial charge in [-0.05, 0) is 19.1 Å². The number of hydrogen-bond acceptors (Lipinski definition) is 3. The lowest BCUT2D eigenvalue weighted by Crippen LogP contribution is -1.97. The molecule has 0 fully saturated rings. The molecule has 1 aliphatic carbocycles. The highest BCUT2D eigenvalue weighted by Crippen LogP contribution is 2.20. The second-order valence-electron chi connectivity index (χ2n) is 3.88. The van der Waals surface area contributed by atoms with Gasteiger partial charge >= 0.3 is 0 Å². The first-order valence-electron chi connectivity index (χ1n) is 5.23. The quantitative estimate of drug-likeness (QED) is 0.771. The molecule has 1 aromatic carbocycles. The smallest absolute Gasteiger partial charge is 0.168 e. The average Bonchev–Trinajstić information content (AvgIpc) is 2.59. The molecule has 0 spiro atoms. The highest BCUT2D eigenvalue weighted by molar-refractivity contribution is 6.15. The van der Waals surface area contributed by atoms with E-state index < -0.39 is 0 Å². The van der Waals surface area contributed by atoms with Gasteiger partial charge in [-0.25, -0.2) is 0 Å². The van der Waals surface area contributed by atoms with Crippen LogP contribution in [0.5, 0.6) is 0 Å². The molecule has 1 N–H and O–H groups in total. The highest BCUT2D eigenvalue weighted by atomic mass is 16.3. The fourth-order valence-corrected chi connectivity index (χ4v) is 1.58. The Bertz CT molecular complexity index is 469. The van der Waals surface area contributed by atoms with Crippen molar-refractivity contribution < 1.29 is 9.90 Å². The van der Waals surface area contributed by atoms with Gasteiger partial charge in [0.2, 0.25) is 0 Å². The molecule has 0 aromatic heterocycles. The summed E-state index contributed by atoms with van der Waals surface area (Å²) in [5, 5.41) is 9.45. The van der Waals surface area contributed by atoms with Crippen molar-refractivity contribution in [3.8, 4) is 0 Å². The van der Waals surface area contributed by atoms with E-state index in [4.69, 9.17) is 0 Å². The number of aliphatic hydroxyl groups excluding tert-OH is 1. The number of aryl methyl sites for hydroxylation is 1. The van der Waals surface area contributed by atoms with Crippen molar-refractivity contribution in [2.75, 3.05) is 0 Å². The van der Waals surface area contributed by atoms with E-state index in [1.807, 2.05) is 31.2 Å². The maximum Gasteiger partial charge on any atom is 0.168 e. The van der Waals surface area contributed by atoms with Crippen LogP contribution in [0.2, 0.25) is 0 Å². The zero-order valence-electron chi connectivity index (χ0n) is 9.10. The lowest BCUT2D eigenvalue weighted by atomic mass is 10.2. The van der Waals surface area contributed by atoms with Gasteiger partial charge in [0, 0.05) is 19.1 Å². The Morgan fingerprint density at radius 3 is 2.50 bits per heavy atom. The van der Waals surface area contributed by atoms with Crippen LogP contribution >= 0.6 is 0 Å². The predicted octanol–water partition coefficient (Wildman–Crippen LogP) is 2.87. The van der Waals surface area contributed by atoms with Crippen LogP contribution in [0.25, 0.3) is 0 Å². The van der Waals surface area contributed by atoms with Crippen LogP contribution in [0.4, 0.5) is 5.69 Å². The molecule has 16 heavy (non-hydrogen) atoms. The Morgan fingerprint density at radius 1 is 1.25 bits per heavy atom. The van der Waals surface area contributed by atoms with Crippen molar-refractivity contribution in [1.82, 2.24) is 0 Å². The summed E-state index contributed by atoms with van der Waals surface area (Å²) < 4.78 is 0. The molecule has 0 bridgehead atoms. The number of aliphatic imine (C=N–C) groups is 1. The summed E-state index contributed by atoms with van der Waals surface area (Å²) in [5.74, 6) is 0.120. The fraction of sp³-hybridized carbons (Fsp3) is 0.231. The molecule has 1 aliphatic rings. The van der Waals surface area contributed by atoms with Crippen LogP contribution in [0.15, 0.2) is 40.6 Å². The third-order valence-electron chi connectivity index (χ3n) is 2.58. The first-order valence-corrected chi connectivity index (χ1v) is 5.23. The summed E-state index contributed by atoms with van der Waals surface area (Å²) in [6.45, 7) is 2.00. The maximum absolute atomic E-state index is 11.4. The first kappa shape index (κ1) is 10.6. The molecule has 1 aromatic rings. The van der Waals surface area contributed by atoms with E-state index in [9.17, 15) is 9.90 Å². The fourth-order valence-electron chi connectivity index (χ4n) is 1.58. The van der Waals surface area contributed by atoms with Gasteiger partial charge in [-0.1, -0.05) is 17.7 Å². The number of carbonyl (C=O) groups excluding carboxylic acids is 1. The van der Waals surface area contributed by atoms with Crippen LogP contribution in [0.3, 0.4) is 0 Å². The van der Waals surface area contributed by atoms with E-state index in [-0.39, 0.29) is 11.5 Å². The van der Waals surface area contributed by atoms with Crippen molar-refractivity contribution in [2.45, 2.75) is 19.8 Å². The van der Waals surface area contributed by atoms with Crippen molar-refractivity contribution in [3.05, 3.63) is 41.2 Å². The van der Waals surface area contributed by atoms with Crippen LogP contribution < -0.4 is 0 Å². The monoisotopic (exact) mass is 215 g/mol. The van der Waals surface area contributed by atoms with Gasteiger partial charge < -0.3 is 5.11 Å². The van der Waals surface area contributed by atoms with Crippen molar-refractivity contribution in [1.29, 1.82) is 0 Å². The molecular weight excluding hydrogens is 202 g/mol. The normalized spacial score (nSPS) is 16.4. The molecular formula is C13H13NO2. The minimum atomic E-state index is -0.0339. The topological polar surface area (TPSA) is 49.7 Å². The van der Waals surface area contributed by atoms with Crippen molar-refractivity contribution in [3.63, 3.8) is 0 Å². The summed E-state index contributed by atoms with van der Waals surface area (Å²) in [6, 6.07) is 7.67. The number of allylic oxidation sites excluding steroid dienone is 2. The summed E-state index contributed by atoms with van der Waals surface area (Å²) >= 11 is 0. The Hall–Kier alpha value is -1.90. The van der Waals surface area contributed by atoms with E-state index in [0.29, 0.717) is 18.4 Å². The third kappa shape index (κ3) is 2.19. The number of ketones is 1. The van der Waals surface area contributed by atoms with Crippen LogP contribution in [0.1, 0.15) is 18.4 Å². The first-order chi connectivity index (χ1) is 7.66. The van der Waals surface area contributed by atoms with E-state index in [0.717, 1.165) is 11.3 Å². The summed E-state index contributed by atoms with van der Waals surface area (Å²) in [5.41, 5.74) is 2.30. The average molecular weight is 215 g/mol. The minimum Gasteiger partial charge on any atom is -0.511 e. The molecule has 0 unspecified atom stereocenters. The highest BCUT2D eigenvalue weighted by Gasteiger charge is 2.20. The Kier molecular flexibility index (Phi) is 2.86. The van der Waals surface area contributed by atoms with Crippen LogP contribution in [-0.4, -0.2) is 17.1 Å². The van der Waals surface area contributed by atoms with Gasteiger partial charge in [0.15, 0.2) is 5.78 Å². The predicted molar refractivity (Wildman–Crippen MR) is 63.2 cm³/mol. The maximum atomic E-state index is 11.4. The molecule has 3 nitrogen and oxygen atoms in total. The van der Waals surface area contributed by atoms with Gasteiger partial charge in [0.25, 0.3) is 0 Å². The molecule has 0 saturated carbocycles. The van der Waals surface area contributed by atoms with E-state index in [1.165, 1.54) is 6.21 Å². The summed E-state index contributed by atoms with van der Waals surface area (Å²) in [4.78, 5) is 15.5. The summed E-state index contributed by atoms with van der Waals surface area (Å²) in [7, 11) is 0. The molecule has 0 heterocycles. The number of nitrogens with zero attached hydrogens (tertiary/aromatic N) is 1. The Morgan fingerprint density at radius 2 is 1.94 bits per heavy atom. The number of hydrogen-bond donors (Lipinski definition) is 1. The molecule has 0 amide bonds. The SMILES string of the molecule is Cc1ccc(N=CC2=C(O)CCC2=O)cc1. The van der Waals surface area contributed by atoms with Gasteiger partial charge in [0.05, 0.1) is 11.3 Å². The van der Waals surface area contributed by atoms with E-state index >= 15 is 0 Å². The zero-order chi connectivity index (χ0) is 11.5. The van der Waals surface area contributed by atoms with Gasteiger partial charge in [0.1, 0.15) is 5.76 Å². The van der Waals surface area contributed by atoms with Gasteiger partial charge in [-0.3, -0.25) is 9.79 Å². The molecule has 3 heteroatoms. The largest absolute Gasteiger partial charge is 0.511 e. The zero-order valence-corrected chi connectivity index (χ0v) is 9.10. The van der Waals surface area contributed by atoms with Gasteiger partial charge in [-0.2, -0.15) is 0 Å². The van der Waals surface area contributed by atoms with Crippen molar-refractivity contribution in [2.24, 2.45) is 4.99 Å². The molecule has 0 aliphatic heterocycles. The standard InChI is InChI=1S/C13H13NO2/c1-9-2-4-10(5-3-9)14-8-11-12(15)6-7-13(11)16/h2-5,8,15H,6-7H2,1H3. The molecule has 2 rings (SSSR count). The lowest BCUT2D eigenvalue weighted by Gasteiger charge is -1.95. The van der Waals surface area contributed by atoms with E-state index in [2.05, 4.69) is 4.99 Å². The number of rotatable bonds is 2. The summed E-state index contributed by atoms with van der Waals surface area (Å²) in [6.07, 6.45) is 2.28. The third-order valence-corrected chi connectivity index (χ3v) is 2.58. The van der Waals surface area contributed by atoms with Crippen molar-refractivity contribution >= 4 is 17.7 Å². The second-order valence-corrected chi connectivity index (χ2v) is 3.88. The van der Waals surface area contributed by atoms with Crippen LogP contribution in [0, 0.1) is 6.92 Å². The lowest BCUT2D eigenvalue weighted by molar-refractivity contribution is -0.114. The van der Waals surface area contributed by atoms with Gasteiger partial charge in [-0.15, -0.1) is 0 Å². The molecule has 0 atom stereocenters. The molecule has 0 saturated heterocycles. The Balaban J connectivity index is 2.18. The number of carbonyl (C=O) groups is 1. The number of Topliss-reactive ketones (excluding diaryl/α,β-unsaturated/α-hetero) is 1. The minimum absolute atomic E-state index is 0.0339. The molecule has 82 valence electrons. The van der Waals surface area contributed by atoms with E-state index in [1.54, 1.807) is 0 Å². The van der Waals surface area contributed by atoms with Crippen LogP contribution in [-0.2, 0) is 4.79 Å². The number of benzene rings is 1. The Labute approximate surface area is 94.1 Å². The molecule has 0 radical (unpaired) electrons.